The summed E-state index contributed by atoms with van der Waals surface area (Å²) in [6.45, 7) is 4.18. The van der Waals surface area contributed by atoms with Crippen molar-refractivity contribution in [2.45, 2.75) is 26.4 Å². The summed E-state index contributed by atoms with van der Waals surface area (Å²) < 4.78 is 7.83. The number of amides is 1. The molecule has 1 saturated heterocycles. The zero-order valence-corrected chi connectivity index (χ0v) is 14.3. The van der Waals surface area contributed by atoms with Gasteiger partial charge in [0.25, 0.3) is 5.91 Å². The quantitative estimate of drug-likeness (QED) is 0.733. The first-order valence-electron chi connectivity index (χ1n) is 8.66. The Balaban J connectivity index is 1.42. The highest BCUT2D eigenvalue weighted by atomic mass is 16.5. The van der Waals surface area contributed by atoms with E-state index in [1.807, 2.05) is 65.0 Å². The average molecular weight is 335 g/mol. The molecule has 25 heavy (non-hydrogen) atoms. The van der Waals surface area contributed by atoms with E-state index >= 15 is 0 Å². The molecule has 0 radical (unpaired) electrons. The van der Waals surface area contributed by atoms with Crippen LogP contribution in [-0.2, 0) is 6.61 Å². The van der Waals surface area contributed by atoms with Crippen LogP contribution in [0, 0.1) is 6.92 Å². The van der Waals surface area contributed by atoms with Crippen molar-refractivity contribution in [2.75, 3.05) is 13.1 Å². The van der Waals surface area contributed by atoms with E-state index in [9.17, 15) is 4.79 Å². The summed E-state index contributed by atoms with van der Waals surface area (Å²) >= 11 is 0. The van der Waals surface area contributed by atoms with E-state index < -0.39 is 0 Å². The van der Waals surface area contributed by atoms with Crippen molar-refractivity contribution in [2.24, 2.45) is 0 Å². The van der Waals surface area contributed by atoms with Gasteiger partial charge in [-0.05, 0) is 55.7 Å². The smallest absolute Gasteiger partial charge is 0.253 e. The van der Waals surface area contributed by atoms with Gasteiger partial charge in [-0.3, -0.25) is 4.79 Å². The molecule has 1 fully saturated rings. The Kier molecular flexibility index (Phi) is 4.14. The number of carbonyl (C=O) groups is 1. The molecule has 3 heterocycles. The third kappa shape index (κ3) is 3.22. The summed E-state index contributed by atoms with van der Waals surface area (Å²) in [4.78, 5) is 18.9. The largest absolute Gasteiger partial charge is 0.487 e. The Labute approximate surface area is 146 Å². The van der Waals surface area contributed by atoms with Crippen LogP contribution < -0.4 is 4.74 Å². The molecule has 3 aromatic rings. The number of imidazole rings is 1. The number of hydrogen-bond acceptors (Lipinski definition) is 3. The maximum absolute atomic E-state index is 12.3. The minimum absolute atomic E-state index is 0.111. The molecule has 1 amide bonds. The molecular formula is C20H21N3O2. The lowest BCUT2D eigenvalue weighted by Crippen LogP contribution is -2.27. The van der Waals surface area contributed by atoms with E-state index in [-0.39, 0.29) is 5.91 Å². The van der Waals surface area contributed by atoms with Crippen molar-refractivity contribution < 1.29 is 9.53 Å². The van der Waals surface area contributed by atoms with E-state index in [2.05, 4.69) is 4.98 Å². The van der Waals surface area contributed by atoms with Crippen LogP contribution in [-0.4, -0.2) is 33.3 Å². The van der Waals surface area contributed by atoms with Crippen molar-refractivity contribution >= 4 is 11.6 Å². The van der Waals surface area contributed by atoms with Crippen LogP contribution >= 0.6 is 0 Å². The number of hydrogen-bond donors (Lipinski definition) is 0. The second-order valence-corrected chi connectivity index (χ2v) is 6.47. The van der Waals surface area contributed by atoms with E-state index in [4.69, 9.17) is 4.74 Å². The number of aryl methyl sites for hydroxylation is 1. The lowest BCUT2D eigenvalue weighted by atomic mass is 10.2. The van der Waals surface area contributed by atoms with Gasteiger partial charge in [0, 0.05) is 31.0 Å². The Morgan fingerprint density at radius 1 is 1.16 bits per heavy atom. The van der Waals surface area contributed by atoms with E-state index in [0.717, 1.165) is 54.1 Å². The molecule has 0 saturated carbocycles. The SMILES string of the molecule is Cc1cccn2cc(COc3ccc(C(=O)N4CCCC4)cc3)nc12. The number of aromatic nitrogens is 2. The Morgan fingerprint density at radius 2 is 1.92 bits per heavy atom. The Hall–Kier alpha value is -2.82. The van der Waals surface area contributed by atoms with Gasteiger partial charge in [-0.15, -0.1) is 0 Å². The second kappa shape index (κ2) is 6.59. The first-order chi connectivity index (χ1) is 12.2. The fourth-order valence-electron chi connectivity index (χ4n) is 3.23. The van der Waals surface area contributed by atoms with E-state index in [1.165, 1.54) is 0 Å². The highest BCUT2D eigenvalue weighted by molar-refractivity contribution is 5.94. The molecule has 128 valence electrons. The number of pyridine rings is 1. The van der Waals surface area contributed by atoms with Crippen LogP contribution in [0.5, 0.6) is 5.75 Å². The molecule has 0 N–H and O–H groups in total. The van der Waals surface area contributed by atoms with Crippen LogP contribution in [0.4, 0.5) is 0 Å². The number of benzene rings is 1. The normalized spacial score (nSPS) is 14.2. The summed E-state index contributed by atoms with van der Waals surface area (Å²) in [6, 6.07) is 11.4. The third-order valence-electron chi connectivity index (χ3n) is 4.61. The number of ether oxygens (including phenoxy) is 1. The van der Waals surface area contributed by atoms with Crippen LogP contribution in [0.2, 0.25) is 0 Å². The lowest BCUT2D eigenvalue weighted by Gasteiger charge is -2.15. The van der Waals surface area contributed by atoms with Crippen molar-refractivity contribution in [3.8, 4) is 5.75 Å². The van der Waals surface area contributed by atoms with Gasteiger partial charge < -0.3 is 14.0 Å². The van der Waals surface area contributed by atoms with E-state index in [0.29, 0.717) is 6.61 Å². The lowest BCUT2D eigenvalue weighted by molar-refractivity contribution is 0.0793. The van der Waals surface area contributed by atoms with Crippen LogP contribution in [0.3, 0.4) is 0 Å². The van der Waals surface area contributed by atoms with Gasteiger partial charge in [-0.1, -0.05) is 6.07 Å². The molecule has 1 aromatic carbocycles. The minimum Gasteiger partial charge on any atom is -0.487 e. The molecule has 0 spiro atoms. The maximum Gasteiger partial charge on any atom is 0.253 e. The van der Waals surface area contributed by atoms with Crippen molar-refractivity contribution in [1.82, 2.24) is 14.3 Å². The number of likely N-dealkylation sites (tertiary alicyclic amines) is 1. The number of rotatable bonds is 4. The van der Waals surface area contributed by atoms with Crippen molar-refractivity contribution in [3.63, 3.8) is 0 Å². The van der Waals surface area contributed by atoms with Crippen LogP contribution in [0.15, 0.2) is 48.8 Å². The monoisotopic (exact) mass is 335 g/mol. The molecular weight excluding hydrogens is 314 g/mol. The molecule has 0 aliphatic carbocycles. The fraction of sp³-hybridized carbons (Fsp3) is 0.300. The summed E-state index contributed by atoms with van der Waals surface area (Å²) in [5.41, 5.74) is 3.69. The molecule has 0 bridgehead atoms. The van der Waals surface area contributed by atoms with Gasteiger partial charge in [-0.25, -0.2) is 4.98 Å². The highest BCUT2D eigenvalue weighted by Gasteiger charge is 2.19. The summed E-state index contributed by atoms with van der Waals surface area (Å²) in [5, 5.41) is 0. The predicted octanol–water partition coefficient (Wildman–Crippen LogP) is 3.46. The van der Waals surface area contributed by atoms with Crippen LogP contribution in [0.25, 0.3) is 5.65 Å². The molecule has 5 nitrogen and oxygen atoms in total. The van der Waals surface area contributed by atoms with Gasteiger partial charge in [0.2, 0.25) is 0 Å². The van der Waals surface area contributed by atoms with Gasteiger partial charge in [-0.2, -0.15) is 0 Å². The fourth-order valence-corrected chi connectivity index (χ4v) is 3.23. The second-order valence-electron chi connectivity index (χ2n) is 6.47. The van der Waals surface area contributed by atoms with Gasteiger partial charge in [0.1, 0.15) is 18.0 Å². The van der Waals surface area contributed by atoms with Gasteiger partial charge in [0.05, 0.1) is 5.69 Å². The molecule has 1 aliphatic rings. The average Bonchev–Trinajstić information content (AvgIpc) is 3.30. The molecule has 5 heteroatoms. The molecule has 2 aromatic heterocycles. The summed E-state index contributed by atoms with van der Waals surface area (Å²) in [7, 11) is 0. The standard InChI is InChI=1S/C20H21N3O2/c1-15-5-4-12-23-13-17(21-19(15)23)14-25-18-8-6-16(7-9-18)20(24)22-10-2-3-11-22/h4-9,12-13H,2-3,10-11,14H2,1H3. The Morgan fingerprint density at radius 3 is 2.64 bits per heavy atom. The first kappa shape index (κ1) is 15.7. The molecule has 4 rings (SSSR count). The zero-order chi connectivity index (χ0) is 17.2. The summed E-state index contributed by atoms with van der Waals surface area (Å²) in [6.07, 6.45) is 6.17. The van der Waals surface area contributed by atoms with Crippen molar-refractivity contribution in [3.05, 3.63) is 65.6 Å². The summed E-state index contributed by atoms with van der Waals surface area (Å²) in [5.74, 6) is 0.853. The zero-order valence-electron chi connectivity index (χ0n) is 14.3. The molecule has 1 aliphatic heterocycles. The Bertz CT molecular complexity index is 893. The first-order valence-corrected chi connectivity index (χ1v) is 8.66. The predicted molar refractivity (Wildman–Crippen MR) is 95.8 cm³/mol. The van der Waals surface area contributed by atoms with Gasteiger partial charge in [0.15, 0.2) is 0 Å². The molecule has 0 unspecified atom stereocenters. The topological polar surface area (TPSA) is 46.8 Å². The minimum atomic E-state index is 0.111. The molecule has 0 atom stereocenters. The van der Waals surface area contributed by atoms with Gasteiger partial charge >= 0.3 is 0 Å². The van der Waals surface area contributed by atoms with E-state index in [1.54, 1.807) is 0 Å². The highest BCUT2D eigenvalue weighted by Crippen LogP contribution is 2.18. The maximum atomic E-state index is 12.3. The number of nitrogens with zero attached hydrogens (tertiary/aromatic N) is 3. The number of carbonyl (C=O) groups excluding carboxylic acids is 1. The number of fused-ring (bicyclic) bond motifs is 1. The van der Waals surface area contributed by atoms with Crippen molar-refractivity contribution in [1.29, 1.82) is 0 Å². The van der Waals surface area contributed by atoms with Crippen LogP contribution in [0.1, 0.15) is 34.5 Å². The third-order valence-corrected chi connectivity index (χ3v) is 4.61.